The third kappa shape index (κ3) is 4.22. The van der Waals surface area contributed by atoms with E-state index >= 15 is 0 Å². The lowest BCUT2D eigenvalue weighted by Gasteiger charge is -2.00. The third-order valence-corrected chi connectivity index (χ3v) is 5.18. The molecule has 1 aromatic heterocycles. The lowest BCUT2D eigenvalue weighted by molar-refractivity contribution is 1.02. The van der Waals surface area contributed by atoms with E-state index in [1.165, 1.54) is 21.8 Å². The maximum absolute atomic E-state index is 5.51. The summed E-state index contributed by atoms with van der Waals surface area (Å²) >= 11 is 5.01. The van der Waals surface area contributed by atoms with Crippen LogP contribution in [0.15, 0.2) is 33.5 Å². The lowest BCUT2D eigenvalue weighted by Crippen LogP contribution is -1.84. The van der Waals surface area contributed by atoms with E-state index in [0.29, 0.717) is 5.13 Å². The van der Waals surface area contributed by atoms with Gasteiger partial charge in [0.05, 0.1) is 0 Å². The first-order chi connectivity index (χ1) is 8.24. The molecule has 1 aromatic carbocycles. The van der Waals surface area contributed by atoms with Gasteiger partial charge >= 0.3 is 0 Å². The summed E-state index contributed by atoms with van der Waals surface area (Å²) in [5.74, 6) is 2.08. The van der Waals surface area contributed by atoms with Gasteiger partial charge in [0.2, 0.25) is 5.13 Å². The van der Waals surface area contributed by atoms with E-state index in [1.807, 2.05) is 11.8 Å². The maximum Gasteiger partial charge on any atom is 0.203 e. The molecule has 0 amide bonds. The number of nitrogens with zero attached hydrogens (tertiary/aromatic N) is 2. The minimum atomic E-state index is 0.540. The monoisotopic (exact) mass is 283 g/mol. The van der Waals surface area contributed by atoms with Crippen molar-refractivity contribution in [3.05, 3.63) is 29.8 Å². The van der Waals surface area contributed by atoms with Crippen molar-refractivity contribution in [2.24, 2.45) is 0 Å². The predicted molar refractivity (Wildman–Crippen MR) is 76.9 cm³/mol. The minimum Gasteiger partial charge on any atom is -0.374 e. The van der Waals surface area contributed by atoms with Crippen molar-refractivity contribution >= 4 is 40.0 Å². The van der Waals surface area contributed by atoms with Gasteiger partial charge in [0, 0.05) is 16.4 Å². The molecule has 2 N–H and O–H groups in total. The zero-order valence-electron chi connectivity index (χ0n) is 9.42. The summed E-state index contributed by atoms with van der Waals surface area (Å²) < 4.78 is 0.951. The first kappa shape index (κ1) is 12.7. The molecule has 0 fully saturated rings. The second kappa shape index (κ2) is 6.28. The van der Waals surface area contributed by atoms with Crippen LogP contribution in [-0.4, -0.2) is 21.7 Å². The Morgan fingerprint density at radius 1 is 1.12 bits per heavy atom. The normalized spacial score (nSPS) is 10.6. The largest absolute Gasteiger partial charge is 0.374 e. The Labute approximate surface area is 113 Å². The van der Waals surface area contributed by atoms with E-state index in [2.05, 4.69) is 41.4 Å². The Morgan fingerprint density at radius 3 is 2.47 bits per heavy atom. The quantitative estimate of drug-likeness (QED) is 0.674. The van der Waals surface area contributed by atoms with Crippen molar-refractivity contribution in [3.63, 3.8) is 0 Å². The summed E-state index contributed by atoms with van der Waals surface area (Å²) in [6, 6.07) is 8.60. The fourth-order valence-electron chi connectivity index (χ4n) is 1.20. The molecule has 0 aliphatic carbocycles. The molecule has 0 saturated heterocycles. The van der Waals surface area contributed by atoms with E-state index in [4.69, 9.17) is 5.73 Å². The van der Waals surface area contributed by atoms with Gasteiger partial charge < -0.3 is 5.73 Å². The molecule has 0 radical (unpaired) electrons. The van der Waals surface area contributed by atoms with Gasteiger partial charge in [-0.25, -0.2) is 0 Å². The third-order valence-electron chi connectivity index (χ3n) is 2.02. The van der Waals surface area contributed by atoms with Gasteiger partial charge in [0.25, 0.3) is 0 Å². The van der Waals surface area contributed by atoms with Crippen LogP contribution in [0.1, 0.15) is 5.56 Å². The lowest BCUT2D eigenvalue weighted by atomic mass is 10.2. The first-order valence-corrected chi connectivity index (χ1v) is 7.94. The number of thioether (sulfide) groups is 2. The van der Waals surface area contributed by atoms with Crippen molar-refractivity contribution in [2.75, 3.05) is 17.2 Å². The summed E-state index contributed by atoms with van der Waals surface area (Å²) in [4.78, 5) is 1.31. The molecule has 0 unspecified atom stereocenters. The molecule has 90 valence electrons. The number of benzene rings is 1. The SMILES string of the molecule is Cc1ccc(SCCSc2nnc(N)s2)cc1. The van der Waals surface area contributed by atoms with E-state index in [-0.39, 0.29) is 0 Å². The molecule has 2 rings (SSSR count). The van der Waals surface area contributed by atoms with Gasteiger partial charge in [0.1, 0.15) is 0 Å². The molecular weight excluding hydrogens is 270 g/mol. The van der Waals surface area contributed by atoms with Crippen LogP contribution >= 0.6 is 34.9 Å². The molecule has 0 spiro atoms. The summed E-state index contributed by atoms with van der Waals surface area (Å²) in [7, 11) is 0. The molecule has 0 saturated carbocycles. The second-order valence-corrected chi connectivity index (χ2v) is 6.94. The highest BCUT2D eigenvalue weighted by atomic mass is 32.2. The summed E-state index contributed by atoms with van der Waals surface area (Å²) in [5.41, 5.74) is 6.81. The zero-order valence-corrected chi connectivity index (χ0v) is 11.9. The van der Waals surface area contributed by atoms with Crippen molar-refractivity contribution < 1.29 is 0 Å². The fraction of sp³-hybridized carbons (Fsp3) is 0.273. The van der Waals surface area contributed by atoms with Crippen LogP contribution in [0.2, 0.25) is 0 Å². The maximum atomic E-state index is 5.51. The van der Waals surface area contributed by atoms with Crippen molar-refractivity contribution in [2.45, 2.75) is 16.2 Å². The van der Waals surface area contributed by atoms with Crippen molar-refractivity contribution in [1.29, 1.82) is 0 Å². The van der Waals surface area contributed by atoms with E-state index in [1.54, 1.807) is 11.8 Å². The predicted octanol–water partition coefficient (Wildman–Crippen LogP) is 3.31. The standard InChI is InChI=1S/C11H13N3S3/c1-8-2-4-9(5-3-8)15-6-7-16-11-14-13-10(12)17-11/h2-5H,6-7H2,1H3,(H2,12,13). The molecule has 3 nitrogen and oxygen atoms in total. The van der Waals surface area contributed by atoms with Gasteiger partial charge in [0.15, 0.2) is 4.34 Å². The molecule has 1 heterocycles. The number of aromatic nitrogens is 2. The summed E-state index contributed by atoms with van der Waals surface area (Å²) in [6.07, 6.45) is 0. The smallest absolute Gasteiger partial charge is 0.203 e. The van der Waals surface area contributed by atoms with E-state index < -0.39 is 0 Å². The fourth-order valence-corrected chi connectivity index (χ4v) is 3.79. The highest BCUT2D eigenvalue weighted by molar-refractivity contribution is 8.03. The van der Waals surface area contributed by atoms with Crippen molar-refractivity contribution in [3.8, 4) is 0 Å². The second-order valence-electron chi connectivity index (χ2n) is 3.42. The van der Waals surface area contributed by atoms with Crippen LogP contribution in [0.4, 0.5) is 5.13 Å². The zero-order chi connectivity index (χ0) is 12.1. The first-order valence-electron chi connectivity index (χ1n) is 5.15. The number of nitrogen functional groups attached to an aromatic ring is 1. The van der Waals surface area contributed by atoms with Crippen LogP contribution in [0.5, 0.6) is 0 Å². The van der Waals surface area contributed by atoms with Crippen LogP contribution < -0.4 is 5.73 Å². The molecule has 0 aliphatic heterocycles. The Bertz CT molecular complexity index is 467. The molecule has 17 heavy (non-hydrogen) atoms. The number of hydrogen-bond acceptors (Lipinski definition) is 6. The van der Waals surface area contributed by atoms with Gasteiger partial charge in [-0.05, 0) is 19.1 Å². The molecule has 0 aliphatic rings. The number of aryl methyl sites for hydroxylation is 1. The van der Waals surface area contributed by atoms with Gasteiger partial charge in [-0.1, -0.05) is 40.8 Å². The highest BCUT2D eigenvalue weighted by Gasteiger charge is 2.01. The Kier molecular flexibility index (Phi) is 4.70. The number of rotatable bonds is 5. The van der Waals surface area contributed by atoms with E-state index in [9.17, 15) is 0 Å². The van der Waals surface area contributed by atoms with Crippen LogP contribution in [-0.2, 0) is 0 Å². The average Bonchev–Trinajstić information content (AvgIpc) is 2.73. The minimum absolute atomic E-state index is 0.540. The molecule has 0 atom stereocenters. The Balaban J connectivity index is 1.71. The summed E-state index contributed by atoms with van der Waals surface area (Å²) in [6.45, 7) is 2.10. The van der Waals surface area contributed by atoms with Gasteiger partial charge in [-0.3, -0.25) is 0 Å². The van der Waals surface area contributed by atoms with Crippen LogP contribution in [0.25, 0.3) is 0 Å². The molecular formula is C11H13N3S3. The molecule has 0 bridgehead atoms. The number of nitrogens with two attached hydrogens (primary N) is 1. The average molecular weight is 283 g/mol. The Hall–Kier alpha value is -0.720. The van der Waals surface area contributed by atoms with E-state index in [0.717, 1.165) is 15.8 Å². The van der Waals surface area contributed by atoms with Gasteiger partial charge in [-0.15, -0.1) is 22.0 Å². The van der Waals surface area contributed by atoms with Crippen molar-refractivity contribution in [1.82, 2.24) is 10.2 Å². The molecule has 2 aromatic rings. The highest BCUT2D eigenvalue weighted by Crippen LogP contribution is 2.26. The molecule has 6 heteroatoms. The summed E-state index contributed by atoms with van der Waals surface area (Å²) in [5, 5.41) is 8.29. The van der Waals surface area contributed by atoms with Gasteiger partial charge in [-0.2, -0.15) is 0 Å². The van der Waals surface area contributed by atoms with Crippen LogP contribution in [0, 0.1) is 6.92 Å². The van der Waals surface area contributed by atoms with Crippen LogP contribution in [0.3, 0.4) is 0 Å². The topological polar surface area (TPSA) is 51.8 Å². The number of anilines is 1. The Morgan fingerprint density at radius 2 is 1.82 bits per heavy atom. The number of hydrogen-bond donors (Lipinski definition) is 1.